The number of allylic oxidation sites excluding steroid dienone is 2. The van der Waals surface area contributed by atoms with E-state index in [0.717, 1.165) is 19.3 Å². The Labute approximate surface area is 89.7 Å². The van der Waals surface area contributed by atoms with Gasteiger partial charge in [-0.2, -0.15) is 0 Å². The van der Waals surface area contributed by atoms with Crippen LogP contribution in [0, 0.1) is 5.92 Å². The number of aliphatic imine (C=N–C) groups is 1. The number of nitrogens with zero attached hydrogens (tertiary/aromatic N) is 2. The molecule has 3 nitrogen and oxygen atoms in total. The smallest absolute Gasteiger partial charge is 0.153 e. The fraction of sp³-hybridized carbons (Fsp3) is 0.333. The lowest BCUT2D eigenvalue weighted by molar-refractivity contribution is 0.612. The fourth-order valence-corrected chi connectivity index (χ4v) is 1.71. The average molecular weight is 201 g/mol. The molecule has 1 heterocycles. The molecule has 1 atom stereocenters. The van der Waals surface area contributed by atoms with Crippen LogP contribution in [0.15, 0.2) is 41.5 Å². The summed E-state index contributed by atoms with van der Waals surface area (Å²) in [5.41, 5.74) is 5.96. The van der Waals surface area contributed by atoms with Crippen LogP contribution in [-0.4, -0.2) is 10.8 Å². The Balaban J connectivity index is 2.10. The van der Waals surface area contributed by atoms with Crippen LogP contribution in [0.2, 0.25) is 0 Å². The van der Waals surface area contributed by atoms with Gasteiger partial charge < -0.3 is 5.73 Å². The van der Waals surface area contributed by atoms with Gasteiger partial charge in [-0.25, -0.2) is 9.98 Å². The van der Waals surface area contributed by atoms with Crippen molar-refractivity contribution in [1.29, 1.82) is 0 Å². The molecular weight excluding hydrogens is 186 g/mol. The van der Waals surface area contributed by atoms with Gasteiger partial charge in [0.25, 0.3) is 0 Å². The summed E-state index contributed by atoms with van der Waals surface area (Å²) in [6, 6.07) is 5.66. The summed E-state index contributed by atoms with van der Waals surface area (Å²) >= 11 is 0. The Kier molecular flexibility index (Phi) is 3.12. The number of hydrogen-bond acceptors (Lipinski definition) is 2. The predicted octanol–water partition coefficient (Wildman–Crippen LogP) is 2.43. The van der Waals surface area contributed by atoms with Gasteiger partial charge in [-0.05, 0) is 31.4 Å². The molecule has 0 spiro atoms. The Morgan fingerprint density at radius 3 is 3.00 bits per heavy atom. The molecule has 2 rings (SSSR count). The van der Waals surface area contributed by atoms with Gasteiger partial charge >= 0.3 is 0 Å². The van der Waals surface area contributed by atoms with E-state index in [1.165, 1.54) is 0 Å². The molecule has 0 radical (unpaired) electrons. The summed E-state index contributed by atoms with van der Waals surface area (Å²) in [7, 11) is 0. The van der Waals surface area contributed by atoms with Crippen molar-refractivity contribution in [1.82, 2.24) is 4.98 Å². The number of aromatic nitrogens is 1. The highest BCUT2D eigenvalue weighted by molar-refractivity contribution is 5.85. The summed E-state index contributed by atoms with van der Waals surface area (Å²) in [5, 5.41) is 0. The maximum atomic E-state index is 5.96. The highest BCUT2D eigenvalue weighted by Gasteiger charge is 2.13. The van der Waals surface area contributed by atoms with Gasteiger partial charge in [-0.15, -0.1) is 0 Å². The Morgan fingerprint density at radius 2 is 2.33 bits per heavy atom. The average Bonchev–Trinajstić information content (AvgIpc) is 2.31. The predicted molar refractivity (Wildman–Crippen MR) is 62.0 cm³/mol. The number of nitrogens with two attached hydrogens (primary N) is 1. The molecule has 0 aromatic carbocycles. The minimum absolute atomic E-state index is 0.386. The molecule has 1 aromatic rings. The van der Waals surface area contributed by atoms with E-state index in [1.54, 1.807) is 6.20 Å². The molecule has 0 amide bonds. The molecule has 0 saturated heterocycles. The van der Waals surface area contributed by atoms with Crippen molar-refractivity contribution in [2.24, 2.45) is 16.6 Å². The SMILES string of the molecule is N/C(=N\c1ccccn1)C1CC=CCC1. The van der Waals surface area contributed by atoms with Crippen LogP contribution >= 0.6 is 0 Å². The van der Waals surface area contributed by atoms with E-state index >= 15 is 0 Å². The highest BCUT2D eigenvalue weighted by Crippen LogP contribution is 2.19. The van der Waals surface area contributed by atoms with E-state index in [1.807, 2.05) is 18.2 Å². The van der Waals surface area contributed by atoms with Crippen LogP contribution < -0.4 is 5.73 Å². The molecule has 1 aromatic heterocycles. The topological polar surface area (TPSA) is 51.3 Å². The van der Waals surface area contributed by atoms with Gasteiger partial charge in [0.2, 0.25) is 0 Å². The summed E-state index contributed by atoms with van der Waals surface area (Å²) in [6.45, 7) is 0. The zero-order valence-electron chi connectivity index (χ0n) is 8.63. The number of rotatable bonds is 2. The van der Waals surface area contributed by atoms with E-state index in [0.29, 0.717) is 17.6 Å². The molecular formula is C12H15N3. The largest absolute Gasteiger partial charge is 0.387 e. The third-order valence-electron chi connectivity index (χ3n) is 2.58. The van der Waals surface area contributed by atoms with E-state index in [-0.39, 0.29) is 0 Å². The van der Waals surface area contributed by atoms with E-state index < -0.39 is 0 Å². The van der Waals surface area contributed by atoms with Gasteiger partial charge in [0.15, 0.2) is 5.82 Å². The second-order valence-electron chi connectivity index (χ2n) is 3.71. The van der Waals surface area contributed by atoms with Gasteiger partial charge in [-0.3, -0.25) is 0 Å². The number of pyridine rings is 1. The van der Waals surface area contributed by atoms with Crippen LogP contribution in [0.4, 0.5) is 5.82 Å². The Bertz CT molecular complexity index is 368. The fourth-order valence-electron chi connectivity index (χ4n) is 1.71. The van der Waals surface area contributed by atoms with E-state index in [2.05, 4.69) is 22.1 Å². The van der Waals surface area contributed by atoms with Gasteiger partial charge in [0, 0.05) is 12.1 Å². The van der Waals surface area contributed by atoms with Crippen LogP contribution in [0.1, 0.15) is 19.3 Å². The normalized spacial score (nSPS) is 21.6. The maximum Gasteiger partial charge on any atom is 0.153 e. The van der Waals surface area contributed by atoms with Crippen molar-refractivity contribution in [3.63, 3.8) is 0 Å². The van der Waals surface area contributed by atoms with Gasteiger partial charge in [0.05, 0.1) is 0 Å². The van der Waals surface area contributed by atoms with Gasteiger partial charge in [-0.1, -0.05) is 18.2 Å². The molecule has 1 unspecified atom stereocenters. The first-order valence-corrected chi connectivity index (χ1v) is 5.26. The molecule has 0 bridgehead atoms. The van der Waals surface area contributed by atoms with E-state index in [9.17, 15) is 0 Å². The molecule has 1 aliphatic rings. The summed E-state index contributed by atoms with van der Waals surface area (Å²) in [5.74, 6) is 1.79. The Morgan fingerprint density at radius 1 is 1.40 bits per heavy atom. The molecule has 2 N–H and O–H groups in total. The van der Waals surface area contributed by atoms with Crippen molar-refractivity contribution in [2.75, 3.05) is 0 Å². The molecule has 0 aliphatic heterocycles. The lowest BCUT2D eigenvalue weighted by Gasteiger charge is -2.16. The maximum absolute atomic E-state index is 5.96. The summed E-state index contributed by atoms with van der Waals surface area (Å²) < 4.78 is 0. The first kappa shape index (κ1) is 9.90. The zero-order chi connectivity index (χ0) is 10.5. The lowest BCUT2D eigenvalue weighted by Crippen LogP contribution is -2.24. The first-order chi connectivity index (χ1) is 7.36. The zero-order valence-corrected chi connectivity index (χ0v) is 8.63. The van der Waals surface area contributed by atoms with Crippen molar-refractivity contribution >= 4 is 11.7 Å². The number of hydrogen-bond donors (Lipinski definition) is 1. The minimum atomic E-state index is 0.386. The van der Waals surface area contributed by atoms with Crippen molar-refractivity contribution in [3.8, 4) is 0 Å². The van der Waals surface area contributed by atoms with Gasteiger partial charge in [0.1, 0.15) is 5.84 Å². The molecule has 78 valence electrons. The van der Waals surface area contributed by atoms with E-state index in [4.69, 9.17) is 5.73 Å². The van der Waals surface area contributed by atoms with Crippen molar-refractivity contribution < 1.29 is 0 Å². The first-order valence-electron chi connectivity index (χ1n) is 5.26. The molecule has 0 saturated carbocycles. The highest BCUT2D eigenvalue weighted by atomic mass is 15.0. The summed E-state index contributed by atoms with van der Waals surface area (Å²) in [4.78, 5) is 8.46. The molecule has 0 fully saturated rings. The number of amidine groups is 1. The summed E-state index contributed by atoms with van der Waals surface area (Å²) in [6.07, 6.45) is 9.30. The third-order valence-corrected chi connectivity index (χ3v) is 2.58. The lowest BCUT2D eigenvalue weighted by atomic mass is 9.93. The molecule has 15 heavy (non-hydrogen) atoms. The van der Waals surface area contributed by atoms with Crippen molar-refractivity contribution in [3.05, 3.63) is 36.5 Å². The quantitative estimate of drug-likeness (QED) is 0.454. The monoisotopic (exact) mass is 201 g/mol. The van der Waals surface area contributed by atoms with Crippen LogP contribution in [0.25, 0.3) is 0 Å². The second kappa shape index (κ2) is 4.73. The minimum Gasteiger partial charge on any atom is -0.387 e. The second-order valence-corrected chi connectivity index (χ2v) is 3.71. The van der Waals surface area contributed by atoms with Crippen LogP contribution in [-0.2, 0) is 0 Å². The molecule has 3 heteroatoms. The van der Waals surface area contributed by atoms with Crippen molar-refractivity contribution in [2.45, 2.75) is 19.3 Å². The van der Waals surface area contributed by atoms with Crippen LogP contribution in [0.5, 0.6) is 0 Å². The molecule has 1 aliphatic carbocycles. The van der Waals surface area contributed by atoms with Crippen LogP contribution in [0.3, 0.4) is 0 Å². The standard InChI is InChI=1S/C12H15N3/c13-12(10-6-2-1-3-7-10)15-11-8-4-5-9-14-11/h1-2,4-5,8-10H,3,6-7H2,(H2,13,14,15). The third kappa shape index (κ3) is 2.65. The Hall–Kier alpha value is -1.64.